The molecule has 0 aliphatic heterocycles. The number of benzene rings is 2. The van der Waals surface area contributed by atoms with E-state index in [0.717, 1.165) is 0 Å². The lowest BCUT2D eigenvalue weighted by molar-refractivity contribution is 0.0696. The lowest BCUT2D eigenvalue weighted by Crippen LogP contribution is -2.15. The molecule has 0 saturated heterocycles. The predicted molar refractivity (Wildman–Crippen MR) is 78.0 cm³/mol. The van der Waals surface area contributed by atoms with E-state index < -0.39 is 11.7 Å². The molecule has 1 aromatic heterocycles. The van der Waals surface area contributed by atoms with Crippen molar-refractivity contribution in [3.05, 3.63) is 69.2 Å². The van der Waals surface area contributed by atoms with Gasteiger partial charge in [-0.1, -0.05) is 23.7 Å². The molecule has 0 unspecified atom stereocenters. The average Bonchev–Trinajstić information content (AvgIpc) is 2.75. The Labute approximate surface area is 124 Å². The maximum atomic E-state index is 11.9. The van der Waals surface area contributed by atoms with E-state index in [1.54, 1.807) is 30.3 Å². The molecule has 0 fully saturated rings. The molecule has 3 aromatic rings. The number of aromatic nitrogens is 1. The molecule has 0 atom stereocenters. The van der Waals surface area contributed by atoms with E-state index >= 15 is 0 Å². The van der Waals surface area contributed by atoms with E-state index in [1.807, 2.05) is 0 Å². The summed E-state index contributed by atoms with van der Waals surface area (Å²) in [6.45, 7) is 0.216. The molecule has 0 amide bonds. The zero-order chi connectivity index (χ0) is 15.0. The first-order valence-corrected chi connectivity index (χ1v) is 6.53. The fourth-order valence-corrected chi connectivity index (χ4v) is 2.34. The molecule has 0 bridgehead atoms. The molecule has 0 saturated carbocycles. The van der Waals surface area contributed by atoms with Crippen LogP contribution in [0.1, 0.15) is 15.9 Å². The van der Waals surface area contributed by atoms with E-state index in [4.69, 9.17) is 21.1 Å². The summed E-state index contributed by atoms with van der Waals surface area (Å²) in [4.78, 5) is 22.9. The Morgan fingerprint density at radius 3 is 2.81 bits per heavy atom. The third kappa shape index (κ3) is 2.55. The van der Waals surface area contributed by atoms with Crippen LogP contribution < -0.4 is 5.76 Å². The van der Waals surface area contributed by atoms with Gasteiger partial charge in [-0.15, -0.1) is 0 Å². The minimum Gasteiger partial charge on any atom is -0.478 e. The monoisotopic (exact) mass is 303 g/mol. The summed E-state index contributed by atoms with van der Waals surface area (Å²) in [5.41, 5.74) is 1.89. The summed E-state index contributed by atoms with van der Waals surface area (Å²) < 4.78 is 6.56. The maximum Gasteiger partial charge on any atom is 0.420 e. The van der Waals surface area contributed by atoms with E-state index in [1.165, 1.54) is 16.7 Å². The normalized spacial score (nSPS) is 10.9. The highest BCUT2D eigenvalue weighted by Gasteiger charge is 2.11. The van der Waals surface area contributed by atoms with Crippen LogP contribution >= 0.6 is 11.6 Å². The van der Waals surface area contributed by atoms with Crippen LogP contribution in [0.4, 0.5) is 0 Å². The lowest BCUT2D eigenvalue weighted by Gasteiger charge is -2.04. The highest BCUT2D eigenvalue weighted by Crippen LogP contribution is 2.19. The quantitative estimate of drug-likeness (QED) is 0.807. The Morgan fingerprint density at radius 1 is 1.24 bits per heavy atom. The number of carboxylic acids is 1. The SMILES string of the molecule is O=C(O)c1cccc(Cn2c(=O)oc3ccc(Cl)cc32)c1. The fourth-order valence-electron chi connectivity index (χ4n) is 2.17. The standard InChI is InChI=1S/C15H10ClNO4/c16-11-4-5-13-12(7-11)17(15(20)21-13)8-9-2-1-3-10(6-9)14(18)19/h1-7H,8H2,(H,18,19). The second kappa shape index (κ2) is 5.10. The summed E-state index contributed by atoms with van der Waals surface area (Å²) >= 11 is 5.93. The van der Waals surface area contributed by atoms with Crippen LogP contribution in [-0.2, 0) is 6.54 Å². The van der Waals surface area contributed by atoms with Crippen molar-refractivity contribution >= 4 is 28.7 Å². The highest BCUT2D eigenvalue weighted by molar-refractivity contribution is 6.31. The molecule has 0 spiro atoms. The van der Waals surface area contributed by atoms with Crippen molar-refractivity contribution in [2.45, 2.75) is 6.54 Å². The van der Waals surface area contributed by atoms with Gasteiger partial charge < -0.3 is 9.52 Å². The van der Waals surface area contributed by atoms with Gasteiger partial charge in [-0.25, -0.2) is 9.59 Å². The Kier molecular flexibility index (Phi) is 3.27. The Morgan fingerprint density at radius 2 is 2.05 bits per heavy atom. The van der Waals surface area contributed by atoms with Crippen molar-refractivity contribution in [2.24, 2.45) is 0 Å². The molecular formula is C15H10ClNO4. The van der Waals surface area contributed by atoms with E-state index in [0.29, 0.717) is 21.7 Å². The van der Waals surface area contributed by atoms with Crippen LogP contribution in [0.25, 0.3) is 11.1 Å². The Hall–Kier alpha value is -2.53. The van der Waals surface area contributed by atoms with Crippen molar-refractivity contribution in [2.75, 3.05) is 0 Å². The maximum absolute atomic E-state index is 11.9. The Balaban J connectivity index is 2.07. The lowest BCUT2D eigenvalue weighted by atomic mass is 10.1. The third-order valence-electron chi connectivity index (χ3n) is 3.14. The first-order valence-electron chi connectivity index (χ1n) is 6.16. The van der Waals surface area contributed by atoms with Gasteiger partial charge in [0.15, 0.2) is 5.58 Å². The number of carboxylic acid groups (broad SMARTS) is 1. The van der Waals surface area contributed by atoms with Gasteiger partial charge in [0.25, 0.3) is 0 Å². The average molecular weight is 304 g/mol. The molecule has 21 heavy (non-hydrogen) atoms. The van der Waals surface area contributed by atoms with Crippen LogP contribution in [0, 0.1) is 0 Å². The molecule has 5 nitrogen and oxygen atoms in total. The van der Waals surface area contributed by atoms with Gasteiger partial charge in [-0.05, 0) is 35.9 Å². The summed E-state index contributed by atoms with van der Waals surface area (Å²) in [6, 6.07) is 11.3. The summed E-state index contributed by atoms with van der Waals surface area (Å²) in [6.07, 6.45) is 0. The number of fused-ring (bicyclic) bond motifs is 1. The molecule has 1 N–H and O–H groups in total. The van der Waals surface area contributed by atoms with Gasteiger partial charge >= 0.3 is 11.7 Å². The van der Waals surface area contributed by atoms with Crippen LogP contribution in [0.3, 0.4) is 0 Å². The largest absolute Gasteiger partial charge is 0.478 e. The van der Waals surface area contributed by atoms with Crippen LogP contribution in [0.2, 0.25) is 5.02 Å². The number of hydrogen-bond acceptors (Lipinski definition) is 3. The van der Waals surface area contributed by atoms with Crippen LogP contribution in [0.5, 0.6) is 0 Å². The summed E-state index contributed by atoms with van der Waals surface area (Å²) in [5.74, 6) is -1.52. The first-order chi connectivity index (χ1) is 10.0. The molecule has 3 rings (SSSR count). The number of nitrogens with zero attached hydrogens (tertiary/aromatic N) is 1. The predicted octanol–water partition coefficient (Wildman–Crippen LogP) is 2.99. The van der Waals surface area contributed by atoms with Gasteiger partial charge in [0.2, 0.25) is 0 Å². The van der Waals surface area contributed by atoms with Crippen molar-refractivity contribution in [3.8, 4) is 0 Å². The smallest absolute Gasteiger partial charge is 0.420 e. The van der Waals surface area contributed by atoms with Gasteiger partial charge in [-0.3, -0.25) is 4.57 Å². The minimum absolute atomic E-state index is 0.173. The molecule has 0 aliphatic carbocycles. The number of halogens is 1. The van der Waals surface area contributed by atoms with Crippen molar-refractivity contribution in [1.82, 2.24) is 4.57 Å². The first kappa shape index (κ1) is 13.5. The van der Waals surface area contributed by atoms with Crippen LogP contribution in [-0.4, -0.2) is 15.6 Å². The van der Waals surface area contributed by atoms with Gasteiger partial charge in [0.1, 0.15) is 0 Å². The number of rotatable bonds is 3. The third-order valence-corrected chi connectivity index (χ3v) is 3.38. The van der Waals surface area contributed by atoms with Gasteiger partial charge in [0.05, 0.1) is 17.6 Å². The number of carbonyl (C=O) groups is 1. The molecular weight excluding hydrogens is 294 g/mol. The summed E-state index contributed by atoms with van der Waals surface area (Å²) in [5, 5.41) is 9.49. The van der Waals surface area contributed by atoms with Gasteiger partial charge in [0, 0.05) is 5.02 Å². The molecule has 106 valence electrons. The van der Waals surface area contributed by atoms with Crippen molar-refractivity contribution in [1.29, 1.82) is 0 Å². The zero-order valence-corrected chi connectivity index (χ0v) is 11.5. The number of aromatic carboxylic acids is 1. The zero-order valence-electron chi connectivity index (χ0n) is 10.7. The Bertz CT molecular complexity index is 894. The summed E-state index contributed by atoms with van der Waals surface area (Å²) in [7, 11) is 0. The van der Waals surface area contributed by atoms with Crippen molar-refractivity contribution in [3.63, 3.8) is 0 Å². The van der Waals surface area contributed by atoms with Crippen LogP contribution in [0.15, 0.2) is 51.7 Å². The molecule has 6 heteroatoms. The number of hydrogen-bond donors (Lipinski definition) is 1. The number of oxazole rings is 1. The van der Waals surface area contributed by atoms with E-state index in [9.17, 15) is 9.59 Å². The molecule has 0 aliphatic rings. The molecule has 2 aromatic carbocycles. The highest BCUT2D eigenvalue weighted by atomic mass is 35.5. The van der Waals surface area contributed by atoms with Gasteiger partial charge in [-0.2, -0.15) is 0 Å². The second-order valence-corrected chi connectivity index (χ2v) is 5.01. The van der Waals surface area contributed by atoms with Crippen molar-refractivity contribution < 1.29 is 14.3 Å². The fraction of sp³-hybridized carbons (Fsp3) is 0.0667. The van der Waals surface area contributed by atoms with E-state index in [-0.39, 0.29) is 12.1 Å². The minimum atomic E-state index is -1.01. The second-order valence-electron chi connectivity index (χ2n) is 4.57. The molecule has 0 radical (unpaired) electrons. The van der Waals surface area contributed by atoms with E-state index in [2.05, 4.69) is 0 Å². The molecule has 1 heterocycles. The topological polar surface area (TPSA) is 72.4 Å².